The van der Waals surface area contributed by atoms with Crippen LogP contribution in [0.25, 0.3) is 0 Å². The van der Waals surface area contributed by atoms with E-state index in [1.54, 1.807) is 4.90 Å². The van der Waals surface area contributed by atoms with E-state index in [9.17, 15) is 9.59 Å². The maximum atomic E-state index is 12.7. The van der Waals surface area contributed by atoms with Crippen molar-refractivity contribution in [2.75, 3.05) is 32.7 Å². The molecule has 2 atom stereocenters. The average Bonchev–Trinajstić information content (AvgIpc) is 3.27. The lowest BCUT2D eigenvalue weighted by Gasteiger charge is -2.21. The Balaban J connectivity index is 1.79. The summed E-state index contributed by atoms with van der Waals surface area (Å²) in [5.41, 5.74) is 0. The number of likely N-dealkylation sites (tertiary alicyclic amines) is 2. The van der Waals surface area contributed by atoms with Crippen LogP contribution in [-0.4, -0.2) is 65.8 Å². The predicted octanol–water partition coefficient (Wildman–Crippen LogP) is 3.36. The lowest BCUT2D eigenvalue weighted by atomic mass is 9.95. The van der Waals surface area contributed by atoms with E-state index in [2.05, 4.69) is 23.7 Å². The fourth-order valence-corrected chi connectivity index (χ4v) is 3.95. The molecule has 0 radical (unpaired) electrons. The summed E-state index contributed by atoms with van der Waals surface area (Å²) in [7, 11) is 0. The molecule has 2 aliphatic heterocycles. The molecule has 1 N–H and O–H groups in total. The zero-order chi connectivity index (χ0) is 19.5. The number of carbonyl (C=O) groups excluding carboxylic acids is 1. The number of rotatable bonds is 10. The Kier molecular flexibility index (Phi) is 9.47. The summed E-state index contributed by atoms with van der Waals surface area (Å²) in [5.74, 6) is 5.91. The van der Waals surface area contributed by atoms with E-state index in [-0.39, 0.29) is 11.8 Å². The van der Waals surface area contributed by atoms with Crippen LogP contribution in [-0.2, 0) is 9.53 Å². The molecule has 27 heavy (non-hydrogen) atoms. The number of unbranched alkanes of at least 4 members (excludes halogenated alkanes) is 4. The summed E-state index contributed by atoms with van der Waals surface area (Å²) in [6.45, 7) is 6.23. The monoisotopic (exact) mass is 378 g/mol. The summed E-state index contributed by atoms with van der Waals surface area (Å²) < 4.78 is 5.08. The van der Waals surface area contributed by atoms with Crippen LogP contribution in [0.2, 0.25) is 0 Å². The molecule has 0 saturated carbocycles. The van der Waals surface area contributed by atoms with Crippen molar-refractivity contribution in [1.82, 2.24) is 9.80 Å². The molecular formula is C21H34N2O4. The third kappa shape index (κ3) is 7.42. The Morgan fingerprint density at radius 2 is 1.85 bits per heavy atom. The number of amides is 1. The highest BCUT2D eigenvalue weighted by Crippen LogP contribution is 2.27. The Hall–Kier alpha value is -1.74. The second-order valence-corrected chi connectivity index (χ2v) is 7.62. The van der Waals surface area contributed by atoms with Crippen LogP contribution in [0.15, 0.2) is 0 Å². The van der Waals surface area contributed by atoms with Crippen LogP contribution in [0.3, 0.4) is 0 Å². The van der Waals surface area contributed by atoms with Gasteiger partial charge >= 0.3 is 6.16 Å². The SMILES string of the molecule is CCCCCCCC(OC(=O)O)[C@@H]1CCN(CC#CCN2CCCC2)C1=O. The Labute approximate surface area is 163 Å². The number of nitrogens with zero attached hydrogens (tertiary/aromatic N) is 2. The Bertz CT molecular complexity index is 534. The van der Waals surface area contributed by atoms with Crippen molar-refractivity contribution in [3.05, 3.63) is 0 Å². The molecule has 0 aromatic rings. The average molecular weight is 379 g/mol. The van der Waals surface area contributed by atoms with Crippen molar-refractivity contribution in [3.8, 4) is 11.8 Å². The first-order valence-electron chi connectivity index (χ1n) is 10.5. The first-order valence-corrected chi connectivity index (χ1v) is 10.5. The van der Waals surface area contributed by atoms with Gasteiger partial charge < -0.3 is 14.7 Å². The Morgan fingerprint density at radius 1 is 1.15 bits per heavy atom. The van der Waals surface area contributed by atoms with Gasteiger partial charge in [0.1, 0.15) is 6.10 Å². The number of hydrogen-bond donors (Lipinski definition) is 1. The van der Waals surface area contributed by atoms with E-state index in [0.29, 0.717) is 25.9 Å². The molecule has 6 nitrogen and oxygen atoms in total. The fourth-order valence-electron chi connectivity index (χ4n) is 3.95. The maximum absolute atomic E-state index is 12.7. The van der Waals surface area contributed by atoms with Crippen molar-refractivity contribution in [3.63, 3.8) is 0 Å². The molecule has 2 rings (SSSR count). The van der Waals surface area contributed by atoms with E-state index in [0.717, 1.165) is 38.9 Å². The van der Waals surface area contributed by atoms with Gasteiger partial charge in [0.15, 0.2) is 0 Å². The molecule has 6 heteroatoms. The van der Waals surface area contributed by atoms with E-state index in [4.69, 9.17) is 9.84 Å². The van der Waals surface area contributed by atoms with E-state index in [1.807, 2.05) is 0 Å². The van der Waals surface area contributed by atoms with Crippen LogP contribution in [0.1, 0.15) is 64.7 Å². The predicted molar refractivity (Wildman–Crippen MR) is 104 cm³/mol. The molecular weight excluding hydrogens is 344 g/mol. The van der Waals surface area contributed by atoms with Gasteiger partial charge in [-0.1, -0.05) is 44.4 Å². The van der Waals surface area contributed by atoms with Crippen LogP contribution in [0, 0.1) is 17.8 Å². The summed E-state index contributed by atoms with van der Waals surface area (Å²) in [6.07, 6.45) is 7.42. The largest absolute Gasteiger partial charge is 0.506 e. The van der Waals surface area contributed by atoms with Gasteiger partial charge in [-0.2, -0.15) is 0 Å². The van der Waals surface area contributed by atoms with Crippen molar-refractivity contribution < 1.29 is 19.4 Å². The van der Waals surface area contributed by atoms with Gasteiger partial charge in [-0.3, -0.25) is 9.69 Å². The number of hydrogen-bond acceptors (Lipinski definition) is 4. The summed E-state index contributed by atoms with van der Waals surface area (Å²) in [6, 6.07) is 0. The molecule has 0 aromatic heterocycles. The molecule has 0 aliphatic carbocycles. The zero-order valence-corrected chi connectivity index (χ0v) is 16.6. The minimum absolute atomic E-state index is 0.00900. The number of ether oxygens (including phenoxy) is 1. The molecule has 0 aromatic carbocycles. The first kappa shape index (κ1) is 21.6. The molecule has 152 valence electrons. The molecule has 2 aliphatic rings. The number of carbonyl (C=O) groups is 2. The molecule has 2 saturated heterocycles. The van der Waals surface area contributed by atoms with Crippen molar-refractivity contribution in [2.24, 2.45) is 5.92 Å². The second kappa shape index (κ2) is 11.9. The molecule has 1 unspecified atom stereocenters. The van der Waals surface area contributed by atoms with Gasteiger partial charge in [0.2, 0.25) is 5.91 Å². The van der Waals surface area contributed by atoms with Gasteiger partial charge in [0.25, 0.3) is 0 Å². The van der Waals surface area contributed by atoms with Crippen LogP contribution in [0.5, 0.6) is 0 Å². The van der Waals surface area contributed by atoms with Crippen molar-refractivity contribution in [1.29, 1.82) is 0 Å². The van der Waals surface area contributed by atoms with Crippen LogP contribution >= 0.6 is 0 Å². The fraction of sp³-hybridized carbons (Fsp3) is 0.810. The van der Waals surface area contributed by atoms with Gasteiger partial charge in [-0.15, -0.1) is 0 Å². The quantitative estimate of drug-likeness (QED) is 0.359. The van der Waals surface area contributed by atoms with Crippen molar-refractivity contribution in [2.45, 2.75) is 70.8 Å². The summed E-state index contributed by atoms with van der Waals surface area (Å²) >= 11 is 0. The van der Waals surface area contributed by atoms with Crippen molar-refractivity contribution >= 4 is 12.1 Å². The van der Waals surface area contributed by atoms with Gasteiger partial charge in [-0.05, 0) is 45.2 Å². The highest BCUT2D eigenvalue weighted by Gasteiger charge is 2.38. The lowest BCUT2D eigenvalue weighted by molar-refractivity contribution is -0.133. The Morgan fingerprint density at radius 3 is 2.56 bits per heavy atom. The van der Waals surface area contributed by atoms with Gasteiger partial charge in [0, 0.05) is 6.54 Å². The number of carboxylic acid groups (broad SMARTS) is 1. The third-order valence-corrected chi connectivity index (χ3v) is 5.53. The van der Waals surface area contributed by atoms with E-state index >= 15 is 0 Å². The highest BCUT2D eigenvalue weighted by molar-refractivity contribution is 5.82. The van der Waals surface area contributed by atoms with Gasteiger partial charge in [-0.25, -0.2) is 4.79 Å². The summed E-state index contributed by atoms with van der Waals surface area (Å²) in [4.78, 5) is 27.8. The summed E-state index contributed by atoms with van der Waals surface area (Å²) in [5, 5.41) is 9.04. The van der Waals surface area contributed by atoms with E-state index in [1.165, 1.54) is 25.7 Å². The topological polar surface area (TPSA) is 70.1 Å². The third-order valence-electron chi connectivity index (χ3n) is 5.53. The molecule has 0 bridgehead atoms. The molecule has 1 amide bonds. The van der Waals surface area contributed by atoms with Gasteiger partial charge in [0.05, 0.1) is 19.0 Å². The standard InChI is InChI=1S/C21H34N2O4/c1-2-3-4-5-6-11-19(27-21(25)26)18-12-17-23(20(18)24)16-10-9-15-22-13-7-8-14-22/h18-19H,2-8,11-17H2,1H3,(H,25,26)/t18-,19?/m0/s1. The molecule has 0 spiro atoms. The second-order valence-electron chi connectivity index (χ2n) is 7.62. The minimum atomic E-state index is -1.29. The zero-order valence-electron chi connectivity index (χ0n) is 16.6. The minimum Gasteiger partial charge on any atom is -0.450 e. The highest BCUT2D eigenvalue weighted by atomic mass is 16.7. The van der Waals surface area contributed by atoms with E-state index < -0.39 is 12.3 Å². The normalized spacial score (nSPS) is 21.1. The van der Waals surface area contributed by atoms with Crippen LogP contribution < -0.4 is 0 Å². The molecule has 2 fully saturated rings. The maximum Gasteiger partial charge on any atom is 0.506 e. The lowest BCUT2D eigenvalue weighted by Crippen LogP contribution is -2.35. The molecule has 2 heterocycles. The first-order chi connectivity index (χ1) is 13.1. The van der Waals surface area contributed by atoms with Crippen LogP contribution in [0.4, 0.5) is 4.79 Å². The smallest absolute Gasteiger partial charge is 0.450 e.